The van der Waals surface area contributed by atoms with E-state index in [-0.39, 0.29) is 18.4 Å². The van der Waals surface area contributed by atoms with E-state index in [0.29, 0.717) is 13.0 Å². The first-order valence-corrected chi connectivity index (χ1v) is 9.15. The van der Waals surface area contributed by atoms with Crippen LogP contribution in [0.3, 0.4) is 0 Å². The number of urea groups is 1. The van der Waals surface area contributed by atoms with E-state index in [9.17, 15) is 14.4 Å². The van der Waals surface area contributed by atoms with Crippen molar-refractivity contribution in [3.63, 3.8) is 0 Å². The van der Waals surface area contributed by atoms with Gasteiger partial charge < -0.3 is 10.2 Å². The zero-order valence-electron chi connectivity index (χ0n) is 15.1. The summed E-state index contributed by atoms with van der Waals surface area (Å²) in [6, 6.07) is 16.4. The molecular formula is C21H21N3O3. The lowest BCUT2D eigenvalue weighted by molar-refractivity contribution is -0.134. The number of fused-ring (bicyclic) bond motifs is 2. The Morgan fingerprint density at radius 2 is 1.81 bits per heavy atom. The molecule has 1 spiro atoms. The molecule has 1 N–H and O–H groups in total. The Morgan fingerprint density at radius 1 is 1.11 bits per heavy atom. The van der Waals surface area contributed by atoms with Crippen molar-refractivity contribution < 1.29 is 14.4 Å². The molecule has 4 amide bonds. The molecule has 138 valence electrons. The summed E-state index contributed by atoms with van der Waals surface area (Å²) in [4.78, 5) is 41.2. The van der Waals surface area contributed by atoms with Gasteiger partial charge >= 0.3 is 6.03 Å². The van der Waals surface area contributed by atoms with Gasteiger partial charge in [-0.3, -0.25) is 14.5 Å². The van der Waals surface area contributed by atoms with E-state index in [4.69, 9.17) is 0 Å². The summed E-state index contributed by atoms with van der Waals surface area (Å²) >= 11 is 0. The number of anilines is 1. The van der Waals surface area contributed by atoms with Crippen LogP contribution in [0.15, 0.2) is 54.6 Å². The third-order valence-electron chi connectivity index (χ3n) is 5.40. The summed E-state index contributed by atoms with van der Waals surface area (Å²) in [6.07, 6.45) is 1.26. The molecule has 1 saturated heterocycles. The molecule has 1 heterocycles. The molecule has 2 aromatic carbocycles. The van der Waals surface area contributed by atoms with Gasteiger partial charge in [0.15, 0.2) is 0 Å². The number of benzene rings is 2. The van der Waals surface area contributed by atoms with E-state index >= 15 is 0 Å². The number of nitrogens with zero attached hydrogens (tertiary/aromatic N) is 2. The van der Waals surface area contributed by atoms with Crippen LogP contribution in [0.2, 0.25) is 0 Å². The van der Waals surface area contributed by atoms with E-state index in [1.807, 2.05) is 61.5 Å². The molecule has 0 aromatic heterocycles. The Balaban J connectivity index is 1.58. The fraction of sp³-hybridized carbons (Fsp3) is 0.286. The van der Waals surface area contributed by atoms with E-state index in [1.54, 1.807) is 4.90 Å². The topological polar surface area (TPSA) is 69.7 Å². The van der Waals surface area contributed by atoms with Gasteiger partial charge in [-0.2, -0.15) is 0 Å². The largest absolute Gasteiger partial charge is 0.325 e. The van der Waals surface area contributed by atoms with Crippen LogP contribution in [-0.4, -0.2) is 35.8 Å². The SMILES string of the molecule is CCN(C(=O)CN1C(=O)N[C@]2(CCc3ccccc32)C1=O)c1ccccc1. The molecule has 6 heteroatoms. The van der Waals surface area contributed by atoms with Crippen LogP contribution in [-0.2, 0) is 21.5 Å². The Kier molecular flexibility index (Phi) is 4.18. The number of hydrogen-bond acceptors (Lipinski definition) is 3. The van der Waals surface area contributed by atoms with Gasteiger partial charge in [-0.05, 0) is 43.0 Å². The molecule has 27 heavy (non-hydrogen) atoms. The second kappa shape index (κ2) is 6.54. The molecule has 1 aliphatic carbocycles. The van der Waals surface area contributed by atoms with Gasteiger partial charge in [0.05, 0.1) is 0 Å². The van der Waals surface area contributed by atoms with E-state index in [1.165, 1.54) is 0 Å². The predicted octanol–water partition coefficient (Wildman–Crippen LogP) is 2.43. The molecule has 2 aliphatic rings. The highest BCUT2D eigenvalue weighted by Crippen LogP contribution is 2.41. The standard InChI is InChI=1S/C21H21N3O3/c1-2-23(16-9-4-3-5-10-16)18(25)14-24-19(26)21(22-20(24)27)13-12-15-8-6-7-11-17(15)21/h3-11H,2,12-14H2,1H3,(H,22,27)/t21-/m0/s1. The molecule has 1 atom stereocenters. The fourth-order valence-corrected chi connectivity index (χ4v) is 4.06. The van der Waals surface area contributed by atoms with Gasteiger partial charge in [0.2, 0.25) is 5.91 Å². The molecule has 0 radical (unpaired) electrons. The number of rotatable bonds is 4. The quantitative estimate of drug-likeness (QED) is 0.848. The Labute approximate surface area is 157 Å². The van der Waals surface area contributed by atoms with Crippen LogP contribution in [0.25, 0.3) is 0 Å². The normalized spacial score (nSPS) is 20.7. The molecule has 6 nitrogen and oxygen atoms in total. The maximum Gasteiger partial charge on any atom is 0.325 e. The Hall–Kier alpha value is -3.15. The second-order valence-electron chi connectivity index (χ2n) is 6.86. The minimum absolute atomic E-state index is 0.267. The maximum absolute atomic E-state index is 13.2. The van der Waals surface area contributed by atoms with E-state index in [0.717, 1.165) is 28.1 Å². The lowest BCUT2D eigenvalue weighted by atomic mass is 9.92. The second-order valence-corrected chi connectivity index (χ2v) is 6.86. The van der Waals surface area contributed by atoms with Crippen molar-refractivity contribution in [1.29, 1.82) is 0 Å². The Bertz CT molecular complexity index is 912. The highest BCUT2D eigenvalue weighted by atomic mass is 16.2. The smallest absolute Gasteiger partial charge is 0.319 e. The lowest BCUT2D eigenvalue weighted by Gasteiger charge is -2.24. The van der Waals surface area contributed by atoms with Gasteiger partial charge in [0.1, 0.15) is 12.1 Å². The molecule has 1 aliphatic heterocycles. The fourth-order valence-electron chi connectivity index (χ4n) is 4.06. The van der Waals surface area contributed by atoms with Gasteiger partial charge in [0.25, 0.3) is 5.91 Å². The van der Waals surface area contributed by atoms with Crippen LogP contribution in [0.5, 0.6) is 0 Å². The number of amides is 4. The van der Waals surface area contributed by atoms with Crippen LogP contribution in [0, 0.1) is 0 Å². The first-order chi connectivity index (χ1) is 13.1. The van der Waals surface area contributed by atoms with Crippen LogP contribution < -0.4 is 10.2 Å². The van der Waals surface area contributed by atoms with Crippen LogP contribution in [0.4, 0.5) is 10.5 Å². The van der Waals surface area contributed by atoms with Crippen LogP contribution in [0.1, 0.15) is 24.5 Å². The number of likely N-dealkylation sites (N-methyl/N-ethyl adjacent to an activating group) is 1. The number of nitrogens with one attached hydrogen (secondary N) is 1. The van der Waals surface area contributed by atoms with Crippen molar-refractivity contribution >= 4 is 23.5 Å². The van der Waals surface area contributed by atoms with Gasteiger partial charge in [-0.1, -0.05) is 42.5 Å². The number of carbonyl (C=O) groups is 3. The van der Waals surface area contributed by atoms with E-state index in [2.05, 4.69) is 5.32 Å². The number of para-hydroxylation sites is 1. The van der Waals surface area contributed by atoms with Crippen molar-refractivity contribution in [2.75, 3.05) is 18.0 Å². The molecule has 4 rings (SSSR count). The molecule has 0 unspecified atom stereocenters. The zero-order chi connectivity index (χ0) is 19.0. The molecule has 0 saturated carbocycles. The summed E-state index contributed by atoms with van der Waals surface area (Å²) in [6.45, 7) is 2.06. The summed E-state index contributed by atoms with van der Waals surface area (Å²) in [5.41, 5.74) is 1.63. The van der Waals surface area contributed by atoms with Crippen LogP contribution >= 0.6 is 0 Å². The van der Waals surface area contributed by atoms with E-state index < -0.39 is 11.6 Å². The summed E-state index contributed by atoms with van der Waals surface area (Å²) in [5, 5.41) is 2.85. The minimum atomic E-state index is -1.03. The van der Waals surface area contributed by atoms with Gasteiger partial charge in [-0.25, -0.2) is 4.79 Å². The van der Waals surface area contributed by atoms with Crippen molar-refractivity contribution in [2.24, 2.45) is 0 Å². The molecular weight excluding hydrogens is 342 g/mol. The number of hydrogen-bond donors (Lipinski definition) is 1. The highest BCUT2D eigenvalue weighted by molar-refractivity contribution is 6.11. The zero-order valence-corrected chi connectivity index (χ0v) is 15.1. The van der Waals surface area contributed by atoms with Crippen molar-refractivity contribution in [3.8, 4) is 0 Å². The van der Waals surface area contributed by atoms with Crippen molar-refractivity contribution in [1.82, 2.24) is 10.2 Å². The molecule has 1 fully saturated rings. The number of aryl methyl sites for hydroxylation is 1. The Morgan fingerprint density at radius 3 is 2.56 bits per heavy atom. The number of carbonyl (C=O) groups excluding carboxylic acids is 3. The lowest BCUT2D eigenvalue weighted by Crippen LogP contribution is -2.45. The first kappa shape index (κ1) is 17.3. The summed E-state index contributed by atoms with van der Waals surface area (Å²) < 4.78 is 0. The minimum Gasteiger partial charge on any atom is -0.319 e. The van der Waals surface area contributed by atoms with Crippen molar-refractivity contribution in [2.45, 2.75) is 25.3 Å². The summed E-state index contributed by atoms with van der Waals surface area (Å²) in [7, 11) is 0. The highest BCUT2D eigenvalue weighted by Gasteiger charge is 2.55. The molecule has 0 bridgehead atoms. The summed E-state index contributed by atoms with van der Waals surface area (Å²) in [5.74, 6) is -0.620. The van der Waals surface area contributed by atoms with Gasteiger partial charge in [-0.15, -0.1) is 0 Å². The maximum atomic E-state index is 13.2. The third kappa shape index (κ3) is 2.68. The van der Waals surface area contributed by atoms with Gasteiger partial charge in [0, 0.05) is 12.2 Å². The number of imide groups is 1. The first-order valence-electron chi connectivity index (χ1n) is 9.15. The predicted molar refractivity (Wildman–Crippen MR) is 101 cm³/mol. The average Bonchev–Trinajstić information content (AvgIpc) is 3.17. The average molecular weight is 363 g/mol. The molecule has 2 aromatic rings. The van der Waals surface area contributed by atoms with Crippen molar-refractivity contribution in [3.05, 3.63) is 65.7 Å². The monoisotopic (exact) mass is 363 g/mol. The third-order valence-corrected chi connectivity index (χ3v) is 5.40.